The second kappa shape index (κ2) is 22.7. The maximum atomic E-state index is 9.41. The summed E-state index contributed by atoms with van der Waals surface area (Å²) < 4.78 is 1.81. The molecule has 6 nitrogen and oxygen atoms in total. The van der Waals surface area contributed by atoms with Crippen LogP contribution in [0.1, 0.15) is 0 Å². The highest BCUT2D eigenvalue weighted by Gasteiger charge is 2.21. The summed E-state index contributed by atoms with van der Waals surface area (Å²) in [6, 6.07) is 0. The van der Waals surface area contributed by atoms with Crippen LogP contribution in [0, 0.1) is 0 Å². The lowest BCUT2D eigenvalue weighted by atomic mass is 10.3. The highest BCUT2D eigenvalue weighted by molar-refractivity contribution is 5.87. The SMILES string of the molecule is C=CC[N+](CC=C)(CC=C)CC=C.C=CC[N+](CC=C)(CC=C)CC=C.O=C([O-])/C=C\C(=O)[O-]. The molecule has 0 heterocycles. The van der Waals surface area contributed by atoms with Crippen molar-refractivity contribution < 1.29 is 28.8 Å². The molecule has 0 unspecified atom stereocenters. The highest BCUT2D eigenvalue weighted by Crippen LogP contribution is 2.08. The zero-order valence-corrected chi connectivity index (χ0v) is 20.6. The van der Waals surface area contributed by atoms with Crippen LogP contribution in [-0.2, 0) is 9.59 Å². The predicted octanol–water partition coefficient (Wildman–Crippen LogP) is 2.14. The first-order valence-electron chi connectivity index (χ1n) is 10.8. The van der Waals surface area contributed by atoms with Gasteiger partial charge in [-0.1, -0.05) is 52.6 Å². The number of carbonyl (C=O) groups excluding carboxylic acids is 2. The van der Waals surface area contributed by atoms with Gasteiger partial charge in [-0.15, -0.1) is 0 Å². The minimum Gasteiger partial charge on any atom is -0.545 e. The zero-order valence-electron chi connectivity index (χ0n) is 20.6. The smallest absolute Gasteiger partial charge is 0.0978 e. The van der Waals surface area contributed by atoms with Crippen molar-refractivity contribution in [2.24, 2.45) is 0 Å². The summed E-state index contributed by atoms with van der Waals surface area (Å²) in [5, 5.41) is 18.8. The standard InChI is InChI=1S/2C12H20N.C4H4O4/c2*1-5-9-13(10-6-2,11-7-3)12-8-4;5-3(6)1-2-4(7)8/h2*5-8H,1-4,9-12H2;1-2H,(H,5,6)(H,7,8)/q2*+1;/p-2/b;;2-1-. The first kappa shape index (κ1) is 35.1. The lowest BCUT2D eigenvalue weighted by molar-refractivity contribution is -0.906. The molecular formula is C28H42N2O4. The van der Waals surface area contributed by atoms with Gasteiger partial charge in [-0.25, -0.2) is 0 Å². The van der Waals surface area contributed by atoms with Crippen LogP contribution in [0.4, 0.5) is 0 Å². The summed E-state index contributed by atoms with van der Waals surface area (Å²) in [4.78, 5) is 18.8. The van der Waals surface area contributed by atoms with Gasteiger partial charge in [-0.05, 0) is 60.8 Å². The third-order valence-corrected chi connectivity index (χ3v) is 4.49. The number of hydrogen-bond acceptors (Lipinski definition) is 4. The number of carboxylic acids is 2. The van der Waals surface area contributed by atoms with Crippen molar-refractivity contribution in [1.29, 1.82) is 0 Å². The average Bonchev–Trinajstić information content (AvgIpc) is 2.75. The van der Waals surface area contributed by atoms with Crippen molar-refractivity contribution in [3.63, 3.8) is 0 Å². The molecule has 0 aromatic heterocycles. The molecule has 0 bridgehead atoms. The molecule has 0 aliphatic carbocycles. The van der Waals surface area contributed by atoms with Gasteiger partial charge in [0.15, 0.2) is 0 Å². The van der Waals surface area contributed by atoms with E-state index in [1.807, 2.05) is 48.6 Å². The molecular weight excluding hydrogens is 428 g/mol. The molecule has 0 saturated heterocycles. The summed E-state index contributed by atoms with van der Waals surface area (Å²) in [6.07, 6.45) is 16.3. The van der Waals surface area contributed by atoms with Crippen LogP contribution in [0.25, 0.3) is 0 Å². The zero-order chi connectivity index (χ0) is 26.9. The molecule has 188 valence electrons. The number of hydrogen-bond donors (Lipinski definition) is 0. The van der Waals surface area contributed by atoms with Gasteiger partial charge in [0.05, 0.1) is 64.3 Å². The Kier molecular flexibility index (Phi) is 23.5. The van der Waals surface area contributed by atoms with Crippen LogP contribution in [-0.4, -0.2) is 73.3 Å². The molecule has 0 saturated carbocycles. The lowest BCUT2D eigenvalue weighted by Crippen LogP contribution is -2.48. The Morgan fingerprint density at radius 1 is 0.441 bits per heavy atom. The largest absolute Gasteiger partial charge is 0.545 e. The van der Waals surface area contributed by atoms with Gasteiger partial charge in [0.1, 0.15) is 0 Å². The third kappa shape index (κ3) is 19.2. The van der Waals surface area contributed by atoms with E-state index in [9.17, 15) is 19.8 Å². The fourth-order valence-corrected chi connectivity index (χ4v) is 3.22. The summed E-state index contributed by atoms with van der Waals surface area (Å²) in [5.74, 6) is -3.09. The fourth-order valence-electron chi connectivity index (χ4n) is 3.22. The quantitative estimate of drug-likeness (QED) is 0.175. The van der Waals surface area contributed by atoms with Gasteiger partial charge < -0.3 is 28.8 Å². The predicted molar refractivity (Wildman–Crippen MR) is 140 cm³/mol. The molecule has 0 aromatic rings. The number of nitrogens with zero attached hydrogens (tertiary/aromatic N) is 2. The normalized spacial score (nSPS) is 10.2. The second-order valence-electron chi connectivity index (χ2n) is 7.42. The van der Waals surface area contributed by atoms with E-state index in [0.29, 0.717) is 12.2 Å². The van der Waals surface area contributed by atoms with E-state index >= 15 is 0 Å². The van der Waals surface area contributed by atoms with Crippen molar-refractivity contribution in [2.45, 2.75) is 0 Å². The summed E-state index contributed by atoms with van der Waals surface area (Å²) >= 11 is 0. The Bertz CT molecular complexity index is 569. The van der Waals surface area contributed by atoms with Crippen LogP contribution >= 0.6 is 0 Å². The van der Waals surface area contributed by atoms with E-state index in [1.54, 1.807) is 0 Å². The maximum absolute atomic E-state index is 9.41. The van der Waals surface area contributed by atoms with Crippen LogP contribution in [0.15, 0.2) is 113 Å². The molecule has 0 aliphatic heterocycles. The molecule has 0 aliphatic rings. The number of carboxylic acid groups (broad SMARTS) is 2. The molecule has 6 heteroatoms. The molecule has 34 heavy (non-hydrogen) atoms. The van der Waals surface area contributed by atoms with Gasteiger partial charge >= 0.3 is 0 Å². The molecule has 0 atom stereocenters. The van der Waals surface area contributed by atoms with Gasteiger partial charge in [0.2, 0.25) is 0 Å². The van der Waals surface area contributed by atoms with E-state index in [-0.39, 0.29) is 0 Å². The van der Waals surface area contributed by atoms with Crippen molar-refractivity contribution in [2.75, 3.05) is 52.4 Å². The van der Waals surface area contributed by atoms with Crippen molar-refractivity contribution in [3.8, 4) is 0 Å². The average molecular weight is 471 g/mol. The van der Waals surface area contributed by atoms with E-state index in [4.69, 9.17) is 0 Å². The summed E-state index contributed by atoms with van der Waals surface area (Å²) in [5.41, 5.74) is 0. The molecule has 0 amide bonds. The van der Waals surface area contributed by atoms with Gasteiger partial charge in [0, 0.05) is 0 Å². The van der Waals surface area contributed by atoms with Gasteiger partial charge in [-0.2, -0.15) is 0 Å². The summed E-state index contributed by atoms with van der Waals surface area (Å²) in [7, 11) is 0. The van der Waals surface area contributed by atoms with Crippen molar-refractivity contribution in [1.82, 2.24) is 0 Å². The van der Waals surface area contributed by atoms with Crippen LogP contribution in [0.5, 0.6) is 0 Å². The fraction of sp³-hybridized carbons (Fsp3) is 0.286. The number of rotatable bonds is 18. The van der Waals surface area contributed by atoms with Gasteiger partial charge in [0.25, 0.3) is 0 Å². The minimum atomic E-state index is -1.55. The maximum Gasteiger partial charge on any atom is 0.0978 e. The number of quaternary nitrogens is 2. The van der Waals surface area contributed by atoms with E-state index in [0.717, 1.165) is 61.3 Å². The summed E-state index contributed by atoms with van der Waals surface area (Å²) in [6.45, 7) is 37.7. The Morgan fingerprint density at radius 3 is 0.676 bits per heavy atom. The van der Waals surface area contributed by atoms with E-state index < -0.39 is 11.9 Å². The van der Waals surface area contributed by atoms with Crippen molar-refractivity contribution in [3.05, 3.63) is 113 Å². The van der Waals surface area contributed by atoms with Crippen molar-refractivity contribution >= 4 is 11.9 Å². The first-order valence-corrected chi connectivity index (χ1v) is 10.8. The first-order chi connectivity index (χ1) is 16.1. The monoisotopic (exact) mass is 470 g/mol. The molecule has 0 aromatic carbocycles. The molecule has 0 rings (SSSR count). The van der Waals surface area contributed by atoms with Gasteiger partial charge in [-0.3, -0.25) is 0 Å². The topological polar surface area (TPSA) is 80.3 Å². The second-order valence-corrected chi connectivity index (χ2v) is 7.42. The molecule has 0 radical (unpaired) electrons. The van der Waals surface area contributed by atoms with Crippen LogP contribution in [0.3, 0.4) is 0 Å². The lowest BCUT2D eigenvalue weighted by Gasteiger charge is -2.35. The Balaban J connectivity index is -0.000000438. The molecule has 0 N–H and O–H groups in total. The van der Waals surface area contributed by atoms with Crippen LogP contribution in [0.2, 0.25) is 0 Å². The minimum absolute atomic E-state index is 0.384. The third-order valence-electron chi connectivity index (χ3n) is 4.49. The van der Waals surface area contributed by atoms with Crippen LogP contribution < -0.4 is 10.2 Å². The molecule has 0 fully saturated rings. The highest BCUT2D eigenvalue weighted by atomic mass is 16.4. The van der Waals surface area contributed by atoms with E-state index in [2.05, 4.69) is 52.6 Å². The van der Waals surface area contributed by atoms with E-state index in [1.165, 1.54) is 0 Å². The Hall–Kier alpha value is -3.48. The molecule has 0 spiro atoms. The Labute approximate surface area is 206 Å². The Morgan fingerprint density at radius 2 is 0.588 bits per heavy atom. The number of aliphatic carboxylic acids is 2. The number of carbonyl (C=O) groups is 2.